The average Bonchev–Trinajstić information content (AvgIpc) is 2.39. The molecule has 0 fully saturated rings. The first-order valence-corrected chi connectivity index (χ1v) is 5.46. The van der Waals surface area contributed by atoms with Crippen molar-refractivity contribution in [1.29, 1.82) is 0 Å². The molecule has 0 amide bonds. The summed E-state index contributed by atoms with van der Waals surface area (Å²) < 4.78 is 0. The van der Waals surface area contributed by atoms with Crippen LogP contribution >= 0.6 is 0 Å². The van der Waals surface area contributed by atoms with E-state index in [9.17, 15) is 0 Å². The molecule has 0 atom stereocenters. The van der Waals surface area contributed by atoms with E-state index in [1.54, 1.807) is 0 Å². The molecule has 2 rings (SSSR count). The monoisotopic (exact) mass is 209 g/mol. The summed E-state index contributed by atoms with van der Waals surface area (Å²) in [5.74, 6) is 0. The zero-order chi connectivity index (χ0) is 11.4. The van der Waals surface area contributed by atoms with E-state index in [0.717, 1.165) is 5.69 Å². The minimum Gasteiger partial charge on any atom is -0.256 e. The van der Waals surface area contributed by atoms with E-state index in [1.165, 1.54) is 16.7 Å². The Kier molecular flexibility index (Phi) is 3.16. The van der Waals surface area contributed by atoms with Crippen LogP contribution in [-0.4, -0.2) is 4.98 Å². The fraction of sp³-hybridized carbons (Fsp3) is 0.133. The van der Waals surface area contributed by atoms with Gasteiger partial charge in [-0.2, -0.15) is 0 Å². The SMILES string of the molecule is C/C=C(\C)c1ccccc1-c1ccccn1. The number of nitrogens with zero attached hydrogens (tertiary/aromatic N) is 1. The van der Waals surface area contributed by atoms with Crippen molar-refractivity contribution in [2.45, 2.75) is 13.8 Å². The van der Waals surface area contributed by atoms with Crippen LogP contribution in [0.25, 0.3) is 16.8 Å². The lowest BCUT2D eigenvalue weighted by Crippen LogP contribution is -1.88. The Hall–Kier alpha value is -1.89. The van der Waals surface area contributed by atoms with Crippen molar-refractivity contribution in [2.75, 3.05) is 0 Å². The molecule has 0 N–H and O–H groups in total. The Bertz CT molecular complexity index is 498. The first-order valence-electron chi connectivity index (χ1n) is 5.46. The maximum absolute atomic E-state index is 4.40. The summed E-state index contributed by atoms with van der Waals surface area (Å²) in [6.45, 7) is 4.19. The molecule has 0 saturated heterocycles. The van der Waals surface area contributed by atoms with Crippen LogP contribution in [0.15, 0.2) is 54.7 Å². The predicted molar refractivity (Wildman–Crippen MR) is 69.0 cm³/mol. The molecule has 1 heterocycles. The highest BCUT2D eigenvalue weighted by atomic mass is 14.7. The standard InChI is InChI=1S/C15H15N/c1-3-12(2)13-8-4-5-9-14(13)15-10-6-7-11-16-15/h3-11H,1-2H3/b12-3+. The van der Waals surface area contributed by atoms with Crippen LogP contribution < -0.4 is 0 Å². The Morgan fingerprint density at radius 2 is 1.81 bits per heavy atom. The lowest BCUT2D eigenvalue weighted by atomic mass is 9.98. The number of pyridine rings is 1. The van der Waals surface area contributed by atoms with Gasteiger partial charge in [-0.1, -0.05) is 36.4 Å². The second kappa shape index (κ2) is 4.75. The summed E-state index contributed by atoms with van der Waals surface area (Å²) in [4.78, 5) is 4.40. The molecule has 1 aromatic carbocycles. The summed E-state index contributed by atoms with van der Waals surface area (Å²) in [6, 6.07) is 14.4. The van der Waals surface area contributed by atoms with Gasteiger partial charge < -0.3 is 0 Å². The van der Waals surface area contributed by atoms with E-state index in [-0.39, 0.29) is 0 Å². The van der Waals surface area contributed by atoms with Gasteiger partial charge in [-0.05, 0) is 37.1 Å². The van der Waals surface area contributed by atoms with Crippen LogP contribution in [0.1, 0.15) is 19.4 Å². The number of hydrogen-bond acceptors (Lipinski definition) is 1. The summed E-state index contributed by atoms with van der Waals surface area (Å²) >= 11 is 0. The Morgan fingerprint density at radius 3 is 2.50 bits per heavy atom. The fourth-order valence-corrected chi connectivity index (χ4v) is 1.73. The minimum absolute atomic E-state index is 1.03. The van der Waals surface area contributed by atoms with Crippen molar-refractivity contribution in [3.8, 4) is 11.3 Å². The first kappa shape index (κ1) is 10.6. The van der Waals surface area contributed by atoms with Crippen LogP contribution in [0.5, 0.6) is 0 Å². The molecule has 1 aromatic heterocycles. The van der Waals surface area contributed by atoms with Crippen molar-refractivity contribution in [2.24, 2.45) is 0 Å². The van der Waals surface area contributed by atoms with Gasteiger partial charge in [0, 0.05) is 11.8 Å². The molecule has 2 aromatic rings. The van der Waals surface area contributed by atoms with E-state index >= 15 is 0 Å². The summed E-state index contributed by atoms with van der Waals surface area (Å²) in [6.07, 6.45) is 3.96. The van der Waals surface area contributed by atoms with Gasteiger partial charge in [0.2, 0.25) is 0 Å². The van der Waals surface area contributed by atoms with Gasteiger partial charge in [0.15, 0.2) is 0 Å². The third-order valence-corrected chi connectivity index (χ3v) is 2.73. The van der Waals surface area contributed by atoms with Crippen LogP contribution in [0, 0.1) is 0 Å². The number of rotatable bonds is 2. The molecule has 80 valence electrons. The Labute approximate surface area is 96.5 Å². The number of aromatic nitrogens is 1. The van der Waals surface area contributed by atoms with Gasteiger partial charge in [0.05, 0.1) is 5.69 Å². The third-order valence-electron chi connectivity index (χ3n) is 2.73. The molecular weight excluding hydrogens is 194 g/mol. The molecule has 1 heteroatoms. The number of hydrogen-bond donors (Lipinski definition) is 0. The largest absolute Gasteiger partial charge is 0.256 e. The van der Waals surface area contributed by atoms with Crippen molar-refractivity contribution in [1.82, 2.24) is 4.98 Å². The van der Waals surface area contributed by atoms with E-state index in [1.807, 2.05) is 24.4 Å². The second-order valence-electron chi connectivity index (χ2n) is 3.73. The van der Waals surface area contributed by atoms with Crippen LogP contribution in [-0.2, 0) is 0 Å². The average molecular weight is 209 g/mol. The van der Waals surface area contributed by atoms with Crippen molar-refractivity contribution >= 4 is 5.57 Å². The van der Waals surface area contributed by atoms with Gasteiger partial charge in [-0.3, -0.25) is 4.98 Å². The third kappa shape index (κ3) is 2.03. The highest BCUT2D eigenvalue weighted by Crippen LogP contribution is 2.26. The second-order valence-corrected chi connectivity index (χ2v) is 3.73. The molecule has 0 spiro atoms. The van der Waals surface area contributed by atoms with E-state index in [4.69, 9.17) is 0 Å². The van der Waals surface area contributed by atoms with E-state index in [0.29, 0.717) is 0 Å². The molecule has 0 aliphatic heterocycles. The summed E-state index contributed by atoms with van der Waals surface area (Å²) in [7, 11) is 0. The highest BCUT2D eigenvalue weighted by molar-refractivity contribution is 5.78. The number of benzene rings is 1. The normalized spacial score (nSPS) is 11.5. The molecule has 0 saturated carbocycles. The smallest absolute Gasteiger partial charge is 0.0708 e. The molecule has 0 aliphatic carbocycles. The molecular formula is C15H15N. The molecule has 0 unspecified atom stereocenters. The van der Waals surface area contributed by atoms with Crippen LogP contribution in [0.3, 0.4) is 0 Å². The lowest BCUT2D eigenvalue weighted by Gasteiger charge is -2.08. The van der Waals surface area contributed by atoms with Gasteiger partial charge in [-0.15, -0.1) is 0 Å². The topological polar surface area (TPSA) is 12.9 Å². The van der Waals surface area contributed by atoms with Crippen LogP contribution in [0.4, 0.5) is 0 Å². The van der Waals surface area contributed by atoms with Gasteiger partial charge in [0.1, 0.15) is 0 Å². The highest BCUT2D eigenvalue weighted by Gasteiger charge is 2.05. The Balaban J connectivity index is 2.58. The quantitative estimate of drug-likeness (QED) is 0.723. The van der Waals surface area contributed by atoms with Crippen molar-refractivity contribution < 1.29 is 0 Å². The molecule has 0 radical (unpaired) electrons. The van der Waals surface area contributed by atoms with Gasteiger partial charge in [-0.25, -0.2) is 0 Å². The molecule has 1 nitrogen and oxygen atoms in total. The first-order chi connectivity index (χ1) is 7.83. The van der Waals surface area contributed by atoms with Crippen molar-refractivity contribution in [3.63, 3.8) is 0 Å². The minimum atomic E-state index is 1.03. The maximum atomic E-state index is 4.40. The van der Waals surface area contributed by atoms with Gasteiger partial charge >= 0.3 is 0 Å². The fourth-order valence-electron chi connectivity index (χ4n) is 1.73. The number of allylic oxidation sites excluding steroid dienone is 2. The van der Waals surface area contributed by atoms with Crippen molar-refractivity contribution in [3.05, 3.63) is 60.3 Å². The lowest BCUT2D eigenvalue weighted by molar-refractivity contribution is 1.32. The summed E-state index contributed by atoms with van der Waals surface area (Å²) in [5.41, 5.74) is 4.75. The zero-order valence-electron chi connectivity index (χ0n) is 9.64. The van der Waals surface area contributed by atoms with E-state index < -0.39 is 0 Å². The maximum Gasteiger partial charge on any atom is 0.0708 e. The Morgan fingerprint density at radius 1 is 1.06 bits per heavy atom. The molecule has 16 heavy (non-hydrogen) atoms. The molecule has 0 aliphatic rings. The summed E-state index contributed by atoms with van der Waals surface area (Å²) in [5, 5.41) is 0. The van der Waals surface area contributed by atoms with Gasteiger partial charge in [0.25, 0.3) is 0 Å². The van der Waals surface area contributed by atoms with Crippen LogP contribution in [0.2, 0.25) is 0 Å². The predicted octanol–water partition coefficient (Wildman–Crippen LogP) is 4.17. The van der Waals surface area contributed by atoms with E-state index in [2.05, 4.69) is 49.2 Å². The zero-order valence-corrected chi connectivity index (χ0v) is 9.64. The molecule has 0 bridgehead atoms.